The highest BCUT2D eigenvalue weighted by Gasteiger charge is 2.39. The number of carboxylic acid groups (broad SMARTS) is 3. The number of imidazole rings is 1. The predicted octanol–water partition coefficient (Wildman–Crippen LogP) is 5.02. The minimum Gasteiger partial charge on any atom is -0.497 e. The number of hydrogen-bond donors (Lipinski definition) is 3. The molecule has 51 heavy (non-hydrogen) atoms. The fourth-order valence-corrected chi connectivity index (χ4v) is 3.99. The van der Waals surface area contributed by atoms with Gasteiger partial charge >= 0.3 is 36.4 Å². The van der Waals surface area contributed by atoms with Gasteiger partial charge in [0.15, 0.2) is 11.5 Å². The van der Waals surface area contributed by atoms with E-state index in [9.17, 15) is 39.5 Å². The van der Waals surface area contributed by atoms with Crippen LogP contribution in [0.25, 0.3) is 16.9 Å². The van der Waals surface area contributed by atoms with Crippen LogP contribution in [-0.4, -0.2) is 109 Å². The first kappa shape index (κ1) is 41.5. The molecule has 13 nitrogen and oxygen atoms in total. The van der Waals surface area contributed by atoms with Crippen LogP contribution in [0.15, 0.2) is 67.4 Å². The van der Waals surface area contributed by atoms with Crippen LogP contribution in [-0.2, 0) is 20.9 Å². The van der Waals surface area contributed by atoms with Crippen molar-refractivity contribution in [3.05, 3.63) is 72.9 Å². The van der Waals surface area contributed by atoms with Gasteiger partial charge < -0.3 is 25.0 Å². The molecule has 5 rings (SSSR count). The Labute approximate surface area is 281 Å². The van der Waals surface area contributed by atoms with Crippen molar-refractivity contribution in [3.8, 4) is 17.0 Å². The Hall–Kier alpha value is -5.67. The molecule has 4 aromatic rings. The molecule has 0 unspecified atom stereocenters. The van der Waals surface area contributed by atoms with E-state index in [-0.39, 0.29) is 0 Å². The Bertz CT molecular complexity index is 1690. The van der Waals surface area contributed by atoms with Crippen LogP contribution in [0.5, 0.6) is 5.75 Å². The Balaban J connectivity index is 0.000000352. The number of methoxy groups -OCH3 is 1. The van der Waals surface area contributed by atoms with Crippen molar-refractivity contribution in [2.75, 3.05) is 38.2 Å². The zero-order valence-corrected chi connectivity index (χ0v) is 25.9. The Morgan fingerprint density at radius 1 is 0.765 bits per heavy atom. The van der Waals surface area contributed by atoms with Crippen LogP contribution in [0.1, 0.15) is 5.56 Å². The summed E-state index contributed by atoms with van der Waals surface area (Å²) < 4.78 is 103. The normalized spacial score (nSPS) is 13.4. The molecule has 1 aromatic carbocycles. The maximum absolute atomic E-state index is 10.6. The van der Waals surface area contributed by atoms with Gasteiger partial charge in [0.25, 0.3) is 0 Å². The van der Waals surface area contributed by atoms with Crippen LogP contribution in [0, 0.1) is 0 Å². The van der Waals surface area contributed by atoms with Crippen LogP contribution >= 0.6 is 0 Å². The summed E-state index contributed by atoms with van der Waals surface area (Å²) in [5, 5.41) is 21.4. The minimum atomic E-state index is -5.08. The first-order valence-electron chi connectivity index (χ1n) is 13.9. The quantitative estimate of drug-likeness (QED) is 0.234. The molecule has 0 amide bonds. The third kappa shape index (κ3) is 13.3. The van der Waals surface area contributed by atoms with Gasteiger partial charge in [0.2, 0.25) is 0 Å². The molecule has 1 aliphatic rings. The summed E-state index contributed by atoms with van der Waals surface area (Å²) in [6.45, 7) is 4.76. The summed E-state index contributed by atoms with van der Waals surface area (Å²) in [6.07, 6.45) is -5.75. The van der Waals surface area contributed by atoms with Gasteiger partial charge in [-0.1, -0.05) is 18.2 Å². The largest absolute Gasteiger partial charge is 0.497 e. The number of alkyl halides is 9. The number of rotatable bonds is 5. The fraction of sp³-hybridized carbons (Fsp3) is 0.310. The third-order valence-electron chi connectivity index (χ3n) is 6.30. The second-order valence-electron chi connectivity index (χ2n) is 9.85. The maximum Gasteiger partial charge on any atom is 0.490 e. The van der Waals surface area contributed by atoms with E-state index in [1.165, 1.54) is 5.56 Å². The Morgan fingerprint density at radius 3 is 1.78 bits per heavy atom. The summed E-state index contributed by atoms with van der Waals surface area (Å²) in [7, 11) is 1.68. The van der Waals surface area contributed by atoms with E-state index < -0.39 is 36.4 Å². The number of halogens is 9. The standard InChI is InChI=1S/C23H24N6O.3C2HF3O2/c1-30-20-6-2-5-19(14-20)21-16-26-23-22(25-8-9-29(21)23)28-12-10-27(11-13-28)17-18-4-3-7-24-15-18;3*3-2(4,5)1(6)7/h2-9,14-16H,10-13,17H2,1H3;3*(H,6,7). The monoisotopic (exact) mass is 742 g/mol. The first-order chi connectivity index (χ1) is 23.6. The van der Waals surface area contributed by atoms with Crippen molar-refractivity contribution in [1.29, 1.82) is 0 Å². The predicted molar refractivity (Wildman–Crippen MR) is 158 cm³/mol. The zero-order chi connectivity index (χ0) is 38.6. The van der Waals surface area contributed by atoms with Crippen molar-refractivity contribution in [3.63, 3.8) is 0 Å². The second kappa shape index (κ2) is 17.8. The molecule has 1 aliphatic heterocycles. The smallest absolute Gasteiger partial charge is 0.490 e. The van der Waals surface area contributed by atoms with E-state index in [2.05, 4.69) is 36.3 Å². The molecule has 0 spiro atoms. The molecule has 1 fully saturated rings. The average molecular weight is 743 g/mol. The van der Waals surface area contributed by atoms with Gasteiger partial charge in [0.1, 0.15) is 5.75 Å². The number of hydrogen-bond acceptors (Lipinski definition) is 9. The summed E-state index contributed by atoms with van der Waals surface area (Å²) in [5.41, 5.74) is 4.24. The highest BCUT2D eigenvalue weighted by atomic mass is 19.4. The number of benzene rings is 1. The molecule has 3 aromatic heterocycles. The number of aliphatic carboxylic acids is 3. The first-order valence-corrected chi connectivity index (χ1v) is 13.9. The Kier molecular flexibility index (Phi) is 14.5. The second-order valence-corrected chi connectivity index (χ2v) is 9.85. The summed E-state index contributed by atoms with van der Waals surface area (Å²) >= 11 is 0. The van der Waals surface area contributed by atoms with Gasteiger partial charge in [-0.25, -0.2) is 24.4 Å². The number of aromatic nitrogens is 4. The fourth-order valence-electron chi connectivity index (χ4n) is 3.99. The van der Waals surface area contributed by atoms with Crippen molar-refractivity contribution < 1.29 is 74.0 Å². The average Bonchev–Trinajstić information content (AvgIpc) is 3.50. The number of nitrogens with zero attached hydrogens (tertiary/aromatic N) is 6. The molecule has 0 bridgehead atoms. The van der Waals surface area contributed by atoms with Gasteiger partial charge in [0.05, 0.1) is 19.0 Å². The highest BCUT2D eigenvalue weighted by molar-refractivity contribution is 5.74. The third-order valence-corrected chi connectivity index (χ3v) is 6.30. The topological polar surface area (TPSA) is 171 Å². The number of piperazine rings is 1. The number of pyridine rings is 1. The zero-order valence-electron chi connectivity index (χ0n) is 25.9. The van der Waals surface area contributed by atoms with Gasteiger partial charge in [0, 0.05) is 63.1 Å². The lowest BCUT2D eigenvalue weighted by molar-refractivity contribution is -0.193. The number of carboxylic acids is 3. The molecule has 3 N–H and O–H groups in total. The van der Waals surface area contributed by atoms with E-state index in [1.807, 2.05) is 55.2 Å². The van der Waals surface area contributed by atoms with Crippen LogP contribution in [0.2, 0.25) is 0 Å². The van der Waals surface area contributed by atoms with Crippen molar-refractivity contribution >= 4 is 29.4 Å². The number of fused-ring (bicyclic) bond motifs is 1. The molecule has 22 heteroatoms. The van der Waals surface area contributed by atoms with Gasteiger partial charge in [-0.05, 0) is 23.8 Å². The van der Waals surface area contributed by atoms with Crippen molar-refractivity contribution in [2.24, 2.45) is 0 Å². The lowest BCUT2D eigenvalue weighted by Crippen LogP contribution is -2.46. The van der Waals surface area contributed by atoms with E-state index >= 15 is 0 Å². The summed E-state index contributed by atoms with van der Waals surface area (Å²) in [4.78, 5) is 45.1. The van der Waals surface area contributed by atoms with E-state index in [4.69, 9.17) is 39.4 Å². The highest BCUT2D eigenvalue weighted by Crippen LogP contribution is 2.28. The molecule has 1 saturated heterocycles. The van der Waals surface area contributed by atoms with Gasteiger partial charge in [-0.15, -0.1) is 0 Å². The molecule has 0 saturated carbocycles. The van der Waals surface area contributed by atoms with Crippen molar-refractivity contribution in [2.45, 2.75) is 25.1 Å². The molecule has 4 heterocycles. The number of anilines is 1. The summed E-state index contributed by atoms with van der Waals surface area (Å²) in [5.74, 6) is -6.50. The molecule has 0 aliphatic carbocycles. The molecule has 0 atom stereocenters. The minimum absolute atomic E-state index is 0.835. The Morgan fingerprint density at radius 2 is 1.31 bits per heavy atom. The lowest BCUT2D eigenvalue weighted by Gasteiger charge is -2.35. The van der Waals surface area contributed by atoms with Crippen LogP contribution < -0.4 is 9.64 Å². The van der Waals surface area contributed by atoms with Crippen LogP contribution in [0.4, 0.5) is 45.3 Å². The molecular formula is C29H27F9N6O7. The van der Waals surface area contributed by atoms with Crippen molar-refractivity contribution in [1.82, 2.24) is 24.3 Å². The summed E-state index contributed by atoms with van der Waals surface area (Å²) in [6, 6.07) is 12.2. The molecule has 278 valence electrons. The van der Waals surface area contributed by atoms with Gasteiger partial charge in [-0.2, -0.15) is 39.5 Å². The lowest BCUT2D eigenvalue weighted by atomic mass is 10.1. The van der Waals surface area contributed by atoms with E-state index in [1.54, 1.807) is 7.11 Å². The maximum atomic E-state index is 10.6. The number of carbonyl (C=O) groups is 3. The molecule has 0 radical (unpaired) electrons. The van der Waals surface area contributed by atoms with E-state index in [0.29, 0.717) is 0 Å². The van der Waals surface area contributed by atoms with E-state index in [0.717, 1.165) is 61.2 Å². The van der Waals surface area contributed by atoms with Crippen LogP contribution in [0.3, 0.4) is 0 Å². The SMILES string of the molecule is COc1cccc(-c2cnc3c(N4CCN(Cc5cccnc5)CC4)nccn23)c1.O=C(O)C(F)(F)F.O=C(O)C(F)(F)F.O=C(O)C(F)(F)F. The van der Waals surface area contributed by atoms with Gasteiger partial charge in [-0.3, -0.25) is 14.3 Å². The number of ether oxygens (including phenoxy) is 1. The molecular weight excluding hydrogens is 715 g/mol.